The van der Waals surface area contributed by atoms with E-state index < -0.39 is 0 Å². The minimum atomic E-state index is 0.881. The van der Waals surface area contributed by atoms with Gasteiger partial charge < -0.3 is 24.9 Å². The minimum absolute atomic E-state index is 0.881. The molecule has 10 heterocycles. The highest BCUT2D eigenvalue weighted by Crippen LogP contribution is 2.49. The van der Waals surface area contributed by atoms with E-state index in [2.05, 4.69) is 296 Å². The molecule has 8 nitrogen and oxygen atoms in total. The topological polar surface area (TPSA) is 118 Å². The summed E-state index contributed by atoms with van der Waals surface area (Å²) in [6.07, 6.45) is 1.78. The lowest BCUT2D eigenvalue weighted by Crippen LogP contribution is -2.00. The fourth-order valence-corrected chi connectivity index (χ4v) is 16.2. The first-order valence-corrected chi connectivity index (χ1v) is 34.2. The van der Waals surface area contributed by atoms with Crippen molar-refractivity contribution in [2.45, 2.75) is 95.9 Å². The second-order valence-electron chi connectivity index (χ2n) is 27.0. The summed E-state index contributed by atoms with van der Waals surface area (Å²) < 4.78 is 0. The third-order valence-electron chi connectivity index (χ3n) is 22.0. The van der Waals surface area contributed by atoms with Crippen molar-refractivity contribution in [3.63, 3.8) is 0 Å². The van der Waals surface area contributed by atoms with Crippen molar-refractivity contribution in [3.8, 4) is 44.5 Å². The van der Waals surface area contributed by atoms with Crippen molar-refractivity contribution in [2.24, 2.45) is 0 Å². The van der Waals surface area contributed by atoms with Gasteiger partial charge in [0.25, 0.3) is 0 Å². The predicted octanol–water partition coefficient (Wildman–Crippen LogP) is 22.7. The quantitative estimate of drug-likeness (QED) is 0.104. The van der Waals surface area contributed by atoms with Gasteiger partial charge in [0.2, 0.25) is 0 Å². The van der Waals surface area contributed by atoms with Crippen LogP contribution in [0.3, 0.4) is 0 Å². The van der Waals surface area contributed by atoms with E-state index in [0.717, 1.165) is 186 Å². The first-order chi connectivity index (χ1) is 47.2. The number of allylic oxidation sites excluding steroid dienone is 4. The largest absolute Gasteiger partial charge is 0.355 e. The zero-order valence-corrected chi connectivity index (χ0v) is 57.2. The van der Waals surface area contributed by atoms with Crippen LogP contribution in [-0.4, -0.2) is 39.9 Å². The molecule has 472 valence electrons. The zero-order valence-electron chi connectivity index (χ0n) is 57.2. The molecule has 1 aliphatic carbocycles. The van der Waals surface area contributed by atoms with E-state index in [0.29, 0.717) is 0 Å². The number of nitrogens with zero attached hydrogens (tertiary/aromatic N) is 3. The van der Waals surface area contributed by atoms with Crippen LogP contribution in [0.4, 0.5) is 0 Å². The average Bonchev–Trinajstić information content (AvgIpc) is 1.38. The minimum Gasteiger partial charge on any atom is -0.355 e. The van der Waals surface area contributed by atoms with E-state index >= 15 is 0 Å². The molecule has 0 radical (unpaired) electrons. The molecule has 0 saturated heterocycles. The van der Waals surface area contributed by atoms with Crippen LogP contribution in [0.2, 0.25) is 0 Å². The van der Waals surface area contributed by atoms with Crippen LogP contribution in [0.5, 0.6) is 0 Å². The van der Waals surface area contributed by atoms with Crippen LogP contribution in [0.1, 0.15) is 131 Å². The molecule has 0 fully saturated rings. The fraction of sp³-hybridized carbons (Fsp3) is 0.157. The monoisotopic (exact) mass is 1260 g/mol. The Morgan fingerprint density at radius 3 is 1.28 bits per heavy atom. The van der Waals surface area contributed by atoms with Gasteiger partial charge in [-0.25, -0.2) is 15.0 Å². The van der Waals surface area contributed by atoms with Crippen LogP contribution >= 0.6 is 0 Å². The van der Waals surface area contributed by atoms with Gasteiger partial charge in [-0.15, -0.1) is 0 Å². The Bertz CT molecular complexity index is 6220. The number of aryl methyl sites for hydroxylation is 8. The first kappa shape index (κ1) is 59.4. The maximum atomic E-state index is 5.94. The molecule has 13 aromatic rings. The van der Waals surface area contributed by atoms with Gasteiger partial charge in [-0.3, -0.25) is 0 Å². The standard InChI is InChI=1S/C89H76N8/c1-13-60-54(11)70-41-66-46(3)50(7)84(92-66)82(85-51(8)47(4)67(93-85)42-71-55(12)61(14-2)73(91-71)45-72(60)90-70)64-39-27-37-62-63-38-28-40-65(81(63)80(62)64)83-86-52(9)48(5)68(94-86)43-74-76(56-29-19-15-20-30-56)78(58-33-23-17-24-34-58)88(96-74)89-79(59-35-25-18-26-36-59)77(57-31-21-16-22-32-57)75(97-89)44-69-49(6)53(10)87(83)95-69/h15-45,90,93-96H,13-14H2,1-12H3. The molecule has 0 saturated carbocycles. The molecular weight excluding hydrogens is 1180 g/mol. The van der Waals surface area contributed by atoms with Gasteiger partial charge in [0.05, 0.1) is 56.2 Å². The van der Waals surface area contributed by atoms with Gasteiger partial charge in [0.15, 0.2) is 0 Å². The van der Waals surface area contributed by atoms with Gasteiger partial charge in [-0.05, 0) is 233 Å². The molecule has 0 amide bonds. The molecule has 16 bridgehead atoms. The van der Waals surface area contributed by atoms with Gasteiger partial charge in [-0.1, -0.05) is 172 Å². The Balaban J connectivity index is 1.03. The second-order valence-corrected chi connectivity index (χ2v) is 27.0. The fourth-order valence-electron chi connectivity index (χ4n) is 16.2. The molecule has 6 aromatic carbocycles. The van der Waals surface area contributed by atoms with Crippen molar-refractivity contribution in [3.05, 3.63) is 299 Å². The highest BCUT2D eigenvalue weighted by Gasteiger charge is 2.31. The molecule has 0 atom stereocenters. The average molecular weight is 1260 g/mol. The number of rotatable bonds is 8. The number of aromatic nitrogens is 8. The number of benzene rings is 6. The number of H-pyrrole nitrogens is 5. The lowest BCUT2D eigenvalue weighted by atomic mass is 9.87. The number of aromatic amines is 5. The number of fused-ring (bicyclic) bond motifs is 19. The number of hydrogen-bond acceptors (Lipinski definition) is 3. The Hall–Kier alpha value is -11.4. The summed E-state index contributed by atoms with van der Waals surface area (Å²) in [6, 6.07) is 68.7. The Morgan fingerprint density at radius 2 is 0.732 bits per heavy atom. The molecule has 97 heavy (non-hydrogen) atoms. The zero-order chi connectivity index (χ0) is 66.4. The van der Waals surface area contributed by atoms with Gasteiger partial charge in [-0.2, -0.15) is 0 Å². The van der Waals surface area contributed by atoms with Crippen molar-refractivity contribution in [1.29, 1.82) is 0 Å². The van der Waals surface area contributed by atoms with E-state index in [1.165, 1.54) is 71.0 Å². The van der Waals surface area contributed by atoms with E-state index in [1.807, 2.05) is 0 Å². The SMILES string of the molecule is CCC1=C(C)c2cc3[nH]c(c(C)c3C)c(-c3cccc4c3=c3c(-c5c6[nH]c(cc7nc(c8[nH]c(cc9[nH]c5c(C)c9C)c(-c5ccccc5)c8-c5ccccc5)C(c5ccccc5)=C7c5ccccc5)c(C)c6C)cccc3=4)c3nc(cc4[nH]c(cc1n2)c(CC)c4C)C(C)=C3C. The molecular formula is C89H76N8. The summed E-state index contributed by atoms with van der Waals surface area (Å²) >= 11 is 0. The molecule has 3 aliphatic heterocycles. The van der Waals surface area contributed by atoms with E-state index in [1.54, 1.807) is 0 Å². The van der Waals surface area contributed by atoms with Crippen molar-refractivity contribution in [2.75, 3.05) is 0 Å². The van der Waals surface area contributed by atoms with Crippen LogP contribution in [0.25, 0.3) is 133 Å². The highest BCUT2D eigenvalue weighted by atomic mass is 14.8. The van der Waals surface area contributed by atoms with E-state index in [4.69, 9.17) is 15.0 Å². The normalized spacial score (nSPS) is 13.1. The maximum Gasteiger partial charge on any atom is 0.0963 e. The highest BCUT2D eigenvalue weighted by molar-refractivity contribution is 6.14. The van der Waals surface area contributed by atoms with Crippen molar-refractivity contribution in [1.82, 2.24) is 39.9 Å². The third kappa shape index (κ3) is 9.06. The Labute approximate surface area is 564 Å². The molecule has 7 aromatic heterocycles. The lowest BCUT2D eigenvalue weighted by molar-refractivity contribution is 1.14. The molecule has 0 unspecified atom stereocenters. The Kier molecular flexibility index (Phi) is 13.9. The summed E-state index contributed by atoms with van der Waals surface area (Å²) in [5, 5.41) is 4.85. The van der Waals surface area contributed by atoms with Crippen molar-refractivity contribution >= 4 is 88.6 Å². The summed E-state index contributed by atoms with van der Waals surface area (Å²) in [5.41, 5.74) is 43.6. The molecule has 8 heteroatoms. The third-order valence-corrected chi connectivity index (χ3v) is 22.0. The summed E-state index contributed by atoms with van der Waals surface area (Å²) in [5.74, 6) is 0. The molecule has 17 rings (SSSR count). The summed E-state index contributed by atoms with van der Waals surface area (Å²) in [4.78, 5) is 37.7. The van der Waals surface area contributed by atoms with Crippen LogP contribution in [0.15, 0.2) is 188 Å². The van der Waals surface area contributed by atoms with Crippen LogP contribution in [0, 0.1) is 69.3 Å². The van der Waals surface area contributed by atoms with Gasteiger partial charge in [0.1, 0.15) is 0 Å². The summed E-state index contributed by atoms with van der Waals surface area (Å²) in [7, 11) is 0. The van der Waals surface area contributed by atoms with E-state index in [-0.39, 0.29) is 0 Å². The Morgan fingerprint density at radius 1 is 0.289 bits per heavy atom. The number of hydrogen-bond donors (Lipinski definition) is 5. The van der Waals surface area contributed by atoms with Crippen LogP contribution < -0.4 is 0 Å². The molecule has 0 spiro atoms. The molecule has 5 N–H and O–H groups in total. The number of nitrogens with one attached hydrogen (secondary N) is 5. The van der Waals surface area contributed by atoms with Gasteiger partial charge in [0, 0.05) is 66.5 Å². The lowest BCUT2D eigenvalue weighted by Gasteiger charge is -2.17. The van der Waals surface area contributed by atoms with Gasteiger partial charge >= 0.3 is 0 Å². The maximum absolute atomic E-state index is 5.94. The van der Waals surface area contributed by atoms with Crippen LogP contribution in [-0.2, 0) is 6.42 Å². The first-order valence-electron chi connectivity index (χ1n) is 34.2. The van der Waals surface area contributed by atoms with Crippen molar-refractivity contribution < 1.29 is 0 Å². The predicted molar refractivity (Wildman–Crippen MR) is 406 cm³/mol. The van der Waals surface area contributed by atoms with E-state index in [9.17, 15) is 0 Å². The smallest absolute Gasteiger partial charge is 0.0963 e. The molecule has 4 aliphatic rings. The summed E-state index contributed by atoms with van der Waals surface area (Å²) in [6.45, 7) is 27.1. The second kappa shape index (κ2) is 22.7.